The molecule has 17 heavy (non-hydrogen) atoms. The van der Waals surface area contributed by atoms with E-state index in [1.54, 1.807) is 0 Å². The third-order valence-corrected chi connectivity index (χ3v) is 5.15. The molecule has 0 radical (unpaired) electrons. The van der Waals surface area contributed by atoms with E-state index in [1.165, 1.54) is 64.6 Å². The van der Waals surface area contributed by atoms with Gasteiger partial charge in [0.1, 0.15) is 0 Å². The highest BCUT2D eigenvalue weighted by Gasteiger charge is 2.35. The first kappa shape index (κ1) is 12.0. The van der Waals surface area contributed by atoms with E-state index in [-0.39, 0.29) is 0 Å². The Morgan fingerprint density at radius 2 is 1.76 bits per heavy atom. The van der Waals surface area contributed by atoms with Crippen LogP contribution in [0.4, 0.5) is 0 Å². The Morgan fingerprint density at radius 3 is 2.47 bits per heavy atom. The highest BCUT2D eigenvalue weighted by Crippen LogP contribution is 2.35. The standard InChI is InChI=1S/C15H28N2/c1-12-3-7-14(8-4-12)17-10-2-9-16-15(11-17)13-5-6-13/h12-16H,2-11H2,1H3. The number of hydrogen-bond donors (Lipinski definition) is 1. The lowest BCUT2D eigenvalue weighted by molar-refractivity contribution is 0.135. The molecule has 2 nitrogen and oxygen atoms in total. The summed E-state index contributed by atoms with van der Waals surface area (Å²) in [5.41, 5.74) is 0. The van der Waals surface area contributed by atoms with E-state index >= 15 is 0 Å². The monoisotopic (exact) mass is 236 g/mol. The summed E-state index contributed by atoms with van der Waals surface area (Å²) in [5.74, 6) is 1.99. The van der Waals surface area contributed by atoms with Crippen LogP contribution in [0, 0.1) is 11.8 Å². The normalized spacial score (nSPS) is 41.1. The van der Waals surface area contributed by atoms with Crippen molar-refractivity contribution in [3.63, 3.8) is 0 Å². The number of nitrogens with one attached hydrogen (secondary N) is 1. The van der Waals surface area contributed by atoms with Gasteiger partial charge in [0.05, 0.1) is 0 Å². The molecule has 1 heterocycles. The summed E-state index contributed by atoms with van der Waals surface area (Å²) in [4.78, 5) is 2.83. The Kier molecular flexibility index (Phi) is 3.72. The molecule has 1 unspecified atom stereocenters. The highest BCUT2D eigenvalue weighted by molar-refractivity contribution is 4.92. The first-order valence-electron chi connectivity index (χ1n) is 7.80. The molecular formula is C15H28N2. The van der Waals surface area contributed by atoms with Crippen LogP contribution in [-0.2, 0) is 0 Å². The minimum atomic E-state index is 0.817. The molecule has 2 saturated carbocycles. The Bertz CT molecular complexity index is 241. The molecule has 0 spiro atoms. The van der Waals surface area contributed by atoms with Gasteiger partial charge in [-0.25, -0.2) is 0 Å². The molecule has 1 aliphatic heterocycles. The minimum absolute atomic E-state index is 0.817. The summed E-state index contributed by atoms with van der Waals surface area (Å²) in [7, 11) is 0. The molecule has 3 aliphatic rings. The van der Waals surface area contributed by atoms with Gasteiger partial charge in [-0.2, -0.15) is 0 Å². The third kappa shape index (κ3) is 3.03. The smallest absolute Gasteiger partial charge is 0.0223 e. The summed E-state index contributed by atoms with van der Waals surface area (Å²) in [6.07, 6.45) is 10.2. The molecule has 2 aliphatic carbocycles. The maximum Gasteiger partial charge on any atom is 0.0223 e. The Hall–Kier alpha value is -0.0800. The average Bonchev–Trinajstić information content (AvgIpc) is 3.16. The van der Waals surface area contributed by atoms with Gasteiger partial charge in [0, 0.05) is 18.6 Å². The summed E-state index contributed by atoms with van der Waals surface area (Å²) in [5, 5.41) is 3.78. The van der Waals surface area contributed by atoms with Crippen molar-refractivity contribution in [2.45, 2.75) is 64.0 Å². The summed E-state index contributed by atoms with van der Waals surface area (Å²) >= 11 is 0. The summed E-state index contributed by atoms with van der Waals surface area (Å²) < 4.78 is 0. The molecular weight excluding hydrogens is 208 g/mol. The number of nitrogens with zero attached hydrogens (tertiary/aromatic N) is 1. The maximum atomic E-state index is 3.78. The van der Waals surface area contributed by atoms with Crippen molar-refractivity contribution in [2.24, 2.45) is 11.8 Å². The second-order valence-electron chi connectivity index (χ2n) is 6.66. The largest absolute Gasteiger partial charge is 0.312 e. The topological polar surface area (TPSA) is 15.3 Å². The van der Waals surface area contributed by atoms with E-state index in [2.05, 4.69) is 17.1 Å². The molecule has 2 heteroatoms. The van der Waals surface area contributed by atoms with Crippen LogP contribution in [0.2, 0.25) is 0 Å². The first-order chi connectivity index (χ1) is 8.33. The molecule has 0 aromatic heterocycles. The van der Waals surface area contributed by atoms with Crippen molar-refractivity contribution in [3.8, 4) is 0 Å². The predicted octanol–water partition coefficient (Wildman–Crippen LogP) is 2.64. The highest BCUT2D eigenvalue weighted by atomic mass is 15.2. The number of hydrogen-bond acceptors (Lipinski definition) is 2. The lowest BCUT2D eigenvalue weighted by atomic mass is 9.86. The van der Waals surface area contributed by atoms with E-state index in [4.69, 9.17) is 0 Å². The molecule has 0 amide bonds. The average molecular weight is 236 g/mol. The molecule has 1 saturated heterocycles. The fourth-order valence-electron chi connectivity index (χ4n) is 3.73. The maximum absolute atomic E-state index is 3.78. The fourth-order valence-corrected chi connectivity index (χ4v) is 3.73. The molecule has 0 bridgehead atoms. The van der Waals surface area contributed by atoms with Crippen LogP contribution in [0.5, 0.6) is 0 Å². The lowest BCUT2D eigenvalue weighted by Crippen LogP contribution is -2.44. The van der Waals surface area contributed by atoms with E-state index in [1.807, 2.05) is 0 Å². The zero-order valence-electron chi connectivity index (χ0n) is 11.3. The van der Waals surface area contributed by atoms with Crippen LogP contribution in [-0.4, -0.2) is 36.6 Å². The summed E-state index contributed by atoms with van der Waals surface area (Å²) in [6.45, 7) is 6.35. The van der Waals surface area contributed by atoms with E-state index in [0.29, 0.717) is 0 Å². The molecule has 0 aromatic rings. The predicted molar refractivity (Wildman–Crippen MR) is 72.1 cm³/mol. The first-order valence-corrected chi connectivity index (χ1v) is 7.80. The van der Waals surface area contributed by atoms with Gasteiger partial charge in [-0.15, -0.1) is 0 Å². The molecule has 1 N–H and O–H groups in total. The van der Waals surface area contributed by atoms with Crippen LogP contribution >= 0.6 is 0 Å². The van der Waals surface area contributed by atoms with Crippen molar-refractivity contribution in [1.29, 1.82) is 0 Å². The van der Waals surface area contributed by atoms with Gasteiger partial charge >= 0.3 is 0 Å². The fraction of sp³-hybridized carbons (Fsp3) is 1.00. The van der Waals surface area contributed by atoms with Crippen LogP contribution in [0.3, 0.4) is 0 Å². The minimum Gasteiger partial charge on any atom is -0.312 e. The Balaban J connectivity index is 1.56. The Labute approximate surface area is 106 Å². The van der Waals surface area contributed by atoms with Gasteiger partial charge in [0.2, 0.25) is 0 Å². The van der Waals surface area contributed by atoms with Crippen molar-refractivity contribution < 1.29 is 0 Å². The zero-order chi connectivity index (χ0) is 11.7. The number of rotatable bonds is 2. The van der Waals surface area contributed by atoms with Crippen LogP contribution in [0.15, 0.2) is 0 Å². The molecule has 1 atom stereocenters. The zero-order valence-corrected chi connectivity index (χ0v) is 11.3. The van der Waals surface area contributed by atoms with E-state index in [0.717, 1.165) is 23.9 Å². The molecule has 0 aromatic carbocycles. The molecule has 98 valence electrons. The van der Waals surface area contributed by atoms with Crippen molar-refractivity contribution in [1.82, 2.24) is 10.2 Å². The quantitative estimate of drug-likeness (QED) is 0.793. The summed E-state index contributed by atoms with van der Waals surface area (Å²) in [6, 6.07) is 1.73. The van der Waals surface area contributed by atoms with E-state index < -0.39 is 0 Å². The van der Waals surface area contributed by atoms with Crippen LogP contribution < -0.4 is 5.32 Å². The van der Waals surface area contributed by atoms with Gasteiger partial charge < -0.3 is 5.32 Å². The van der Waals surface area contributed by atoms with Gasteiger partial charge in [0.25, 0.3) is 0 Å². The lowest BCUT2D eigenvalue weighted by Gasteiger charge is -2.36. The molecule has 3 rings (SSSR count). The van der Waals surface area contributed by atoms with Crippen molar-refractivity contribution >= 4 is 0 Å². The van der Waals surface area contributed by atoms with Gasteiger partial charge in [0.15, 0.2) is 0 Å². The van der Waals surface area contributed by atoms with Gasteiger partial charge in [-0.1, -0.05) is 6.92 Å². The second kappa shape index (κ2) is 5.27. The van der Waals surface area contributed by atoms with E-state index in [9.17, 15) is 0 Å². The second-order valence-corrected chi connectivity index (χ2v) is 6.66. The molecule has 3 fully saturated rings. The van der Waals surface area contributed by atoms with Crippen LogP contribution in [0.1, 0.15) is 51.9 Å². The SMILES string of the molecule is CC1CCC(N2CCCNC(C3CC3)C2)CC1. The van der Waals surface area contributed by atoms with Crippen molar-refractivity contribution in [2.75, 3.05) is 19.6 Å². The Morgan fingerprint density at radius 1 is 1.00 bits per heavy atom. The third-order valence-electron chi connectivity index (χ3n) is 5.15. The van der Waals surface area contributed by atoms with Gasteiger partial charge in [-0.05, 0) is 69.9 Å². The van der Waals surface area contributed by atoms with Gasteiger partial charge in [-0.3, -0.25) is 4.90 Å². The van der Waals surface area contributed by atoms with Crippen molar-refractivity contribution in [3.05, 3.63) is 0 Å². The van der Waals surface area contributed by atoms with Crippen LogP contribution in [0.25, 0.3) is 0 Å².